The number of nitriles is 1. The van der Waals surface area contributed by atoms with E-state index >= 15 is 0 Å². The lowest BCUT2D eigenvalue weighted by Gasteiger charge is -2.15. The van der Waals surface area contributed by atoms with E-state index in [-0.39, 0.29) is 5.92 Å². The van der Waals surface area contributed by atoms with Gasteiger partial charge in [-0.05, 0) is 42.3 Å². The number of rotatable bonds is 6. The summed E-state index contributed by atoms with van der Waals surface area (Å²) in [5.74, 6) is 1.58. The molecule has 2 aromatic carbocycles. The molecule has 0 N–H and O–H groups in total. The highest BCUT2D eigenvalue weighted by molar-refractivity contribution is 6.30. The molecule has 0 aromatic heterocycles. The van der Waals surface area contributed by atoms with E-state index in [1.165, 1.54) is 0 Å². The average molecular weight is 332 g/mol. The molecular weight excluding hydrogens is 314 g/mol. The van der Waals surface area contributed by atoms with Gasteiger partial charge in [-0.15, -0.1) is 0 Å². The molecule has 0 bridgehead atoms. The van der Waals surface area contributed by atoms with Crippen LogP contribution in [0.1, 0.15) is 17.0 Å². The minimum absolute atomic E-state index is 0.373. The molecule has 120 valence electrons. The molecule has 1 atom stereocenters. The monoisotopic (exact) mass is 331 g/mol. The van der Waals surface area contributed by atoms with E-state index in [2.05, 4.69) is 6.07 Å². The van der Waals surface area contributed by atoms with Gasteiger partial charge in [0.1, 0.15) is 5.75 Å². The standard InChI is InChI=1S/C18H18ClNO3/c1-21-16-7-5-14(19)10-15(16)13(11-20)8-12-4-6-17(22-2)18(9-12)23-3/h4-7,9-10,13H,8H2,1-3H3. The van der Waals surface area contributed by atoms with Gasteiger partial charge in [0, 0.05) is 10.6 Å². The van der Waals surface area contributed by atoms with Crippen LogP contribution in [0.5, 0.6) is 17.2 Å². The normalized spacial score (nSPS) is 11.4. The molecule has 23 heavy (non-hydrogen) atoms. The van der Waals surface area contributed by atoms with Crippen LogP contribution in [-0.4, -0.2) is 21.3 Å². The average Bonchev–Trinajstić information content (AvgIpc) is 2.59. The molecular formula is C18H18ClNO3. The predicted molar refractivity (Wildman–Crippen MR) is 89.6 cm³/mol. The third-order valence-corrected chi connectivity index (χ3v) is 3.85. The van der Waals surface area contributed by atoms with E-state index in [1.807, 2.05) is 18.2 Å². The maximum absolute atomic E-state index is 9.57. The van der Waals surface area contributed by atoms with E-state index in [9.17, 15) is 5.26 Å². The lowest BCUT2D eigenvalue weighted by Crippen LogP contribution is -2.04. The number of halogens is 1. The van der Waals surface area contributed by atoms with Crippen molar-refractivity contribution in [1.82, 2.24) is 0 Å². The molecule has 4 nitrogen and oxygen atoms in total. The van der Waals surface area contributed by atoms with Crippen LogP contribution in [0.4, 0.5) is 0 Å². The van der Waals surface area contributed by atoms with Crippen molar-refractivity contribution in [2.45, 2.75) is 12.3 Å². The number of methoxy groups -OCH3 is 3. The molecule has 0 amide bonds. The summed E-state index contributed by atoms with van der Waals surface area (Å²) in [4.78, 5) is 0. The first-order valence-electron chi connectivity index (χ1n) is 7.06. The summed E-state index contributed by atoms with van der Waals surface area (Å²) in [6.07, 6.45) is 0.521. The fourth-order valence-corrected chi connectivity index (χ4v) is 2.63. The van der Waals surface area contributed by atoms with Crippen molar-refractivity contribution in [3.63, 3.8) is 0 Å². The van der Waals surface area contributed by atoms with E-state index < -0.39 is 0 Å². The molecule has 0 aliphatic heterocycles. The third kappa shape index (κ3) is 3.88. The second-order valence-electron chi connectivity index (χ2n) is 4.96. The van der Waals surface area contributed by atoms with E-state index in [1.54, 1.807) is 39.5 Å². The molecule has 0 aliphatic rings. The molecule has 0 saturated carbocycles. The van der Waals surface area contributed by atoms with Gasteiger partial charge in [0.15, 0.2) is 11.5 Å². The van der Waals surface area contributed by atoms with Crippen molar-refractivity contribution in [2.75, 3.05) is 21.3 Å². The summed E-state index contributed by atoms with van der Waals surface area (Å²) in [6, 6.07) is 13.2. The minimum Gasteiger partial charge on any atom is -0.496 e. The Morgan fingerprint density at radius 3 is 2.22 bits per heavy atom. The first-order chi connectivity index (χ1) is 11.1. The van der Waals surface area contributed by atoms with Gasteiger partial charge >= 0.3 is 0 Å². The molecule has 0 heterocycles. The fraction of sp³-hybridized carbons (Fsp3) is 0.278. The van der Waals surface area contributed by atoms with Crippen molar-refractivity contribution >= 4 is 11.6 Å². The zero-order valence-corrected chi connectivity index (χ0v) is 14.1. The molecule has 5 heteroatoms. The van der Waals surface area contributed by atoms with Crippen LogP contribution in [0.3, 0.4) is 0 Å². The largest absolute Gasteiger partial charge is 0.496 e. The van der Waals surface area contributed by atoms with Crippen LogP contribution in [0.15, 0.2) is 36.4 Å². The van der Waals surface area contributed by atoms with E-state index in [0.29, 0.717) is 28.7 Å². The number of hydrogen-bond acceptors (Lipinski definition) is 4. The second-order valence-corrected chi connectivity index (χ2v) is 5.40. The van der Waals surface area contributed by atoms with Gasteiger partial charge in [-0.1, -0.05) is 17.7 Å². The lowest BCUT2D eigenvalue weighted by molar-refractivity contribution is 0.354. The Labute approximate surface area is 141 Å². The van der Waals surface area contributed by atoms with Crippen LogP contribution in [0, 0.1) is 11.3 Å². The predicted octanol–water partition coefficient (Wildman–Crippen LogP) is 4.22. The molecule has 0 saturated heterocycles. The smallest absolute Gasteiger partial charge is 0.160 e. The van der Waals surface area contributed by atoms with Crippen molar-refractivity contribution in [2.24, 2.45) is 0 Å². The van der Waals surface area contributed by atoms with Crippen LogP contribution in [-0.2, 0) is 6.42 Å². The highest BCUT2D eigenvalue weighted by atomic mass is 35.5. The molecule has 0 spiro atoms. The number of benzene rings is 2. The van der Waals surface area contributed by atoms with Crippen LogP contribution in [0.2, 0.25) is 5.02 Å². The Kier molecular flexibility index (Phi) is 5.72. The molecule has 0 fully saturated rings. The summed E-state index contributed by atoms with van der Waals surface area (Å²) in [5.41, 5.74) is 1.74. The van der Waals surface area contributed by atoms with Gasteiger partial charge in [-0.25, -0.2) is 0 Å². The van der Waals surface area contributed by atoms with Crippen LogP contribution in [0.25, 0.3) is 0 Å². The maximum atomic E-state index is 9.57. The molecule has 0 radical (unpaired) electrons. The summed E-state index contributed by atoms with van der Waals surface area (Å²) in [6.45, 7) is 0. The third-order valence-electron chi connectivity index (χ3n) is 3.61. The molecule has 2 aromatic rings. The minimum atomic E-state index is -0.373. The molecule has 1 unspecified atom stereocenters. The van der Waals surface area contributed by atoms with Gasteiger partial charge in [0.05, 0.1) is 33.3 Å². The van der Waals surface area contributed by atoms with Crippen molar-refractivity contribution in [1.29, 1.82) is 5.26 Å². The first-order valence-corrected chi connectivity index (χ1v) is 7.44. The SMILES string of the molecule is COc1ccc(CC(C#N)c2cc(Cl)ccc2OC)cc1OC. The number of ether oxygens (including phenoxy) is 3. The summed E-state index contributed by atoms with van der Waals surface area (Å²) in [5, 5.41) is 10.2. The topological polar surface area (TPSA) is 51.5 Å². The molecule has 2 rings (SSSR count). The molecule has 0 aliphatic carbocycles. The summed E-state index contributed by atoms with van der Waals surface area (Å²) in [7, 11) is 4.76. The van der Waals surface area contributed by atoms with Crippen molar-refractivity contribution < 1.29 is 14.2 Å². The van der Waals surface area contributed by atoms with Gasteiger partial charge < -0.3 is 14.2 Å². The zero-order valence-electron chi connectivity index (χ0n) is 13.3. The van der Waals surface area contributed by atoms with E-state index in [4.69, 9.17) is 25.8 Å². The van der Waals surface area contributed by atoms with Gasteiger partial charge in [0.25, 0.3) is 0 Å². The first kappa shape index (κ1) is 17.0. The maximum Gasteiger partial charge on any atom is 0.160 e. The second kappa shape index (κ2) is 7.75. The highest BCUT2D eigenvalue weighted by Crippen LogP contribution is 2.34. The Morgan fingerprint density at radius 2 is 1.61 bits per heavy atom. The van der Waals surface area contributed by atoms with Gasteiger partial charge in [-0.2, -0.15) is 5.26 Å². The summed E-state index contributed by atoms with van der Waals surface area (Å²) < 4.78 is 15.9. The Balaban J connectivity index is 2.34. The fourth-order valence-electron chi connectivity index (χ4n) is 2.45. The van der Waals surface area contributed by atoms with Crippen molar-refractivity contribution in [3.8, 4) is 23.3 Å². The van der Waals surface area contributed by atoms with Crippen molar-refractivity contribution in [3.05, 3.63) is 52.5 Å². The number of nitrogens with zero attached hydrogens (tertiary/aromatic N) is 1. The van der Waals surface area contributed by atoms with Crippen LogP contribution >= 0.6 is 11.6 Å². The Bertz CT molecular complexity index is 725. The highest BCUT2D eigenvalue weighted by Gasteiger charge is 2.18. The van der Waals surface area contributed by atoms with E-state index in [0.717, 1.165) is 11.1 Å². The lowest BCUT2D eigenvalue weighted by atomic mass is 9.92. The quantitative estimate of drug-likeness (QED) is 0.795. The van der Waals surface area contributed by atoms with Gasteiger partial charge in [0.2, 0.25) is 0 Å². The Hall–Kier alpha value is -2.38. The Morgan fingerprint density at radius 1 is 0.957 bits per heavy atom. The number of hydrogen-bond donors (Lipinski definition) is 0. The zero-order chi connectivity index (χ0) is 16.8. The van der Waals surface area contributed by atoms with Gasteiger partial charge in [-0.3, -0.25) is 0 Å². The summed E-state index contributed by atoms with van der Waals surface area (Å²) >= 11 is 6.06. The van der Waals surface area contributed by atoms with Crippen LogP contribution < -0.4 is 14.2 Å².